The molecule has 0 aliphatic heterocycles. The van der Waals surface area contributed by atoms with Crippen LogP contribution in [-0.2, 0) is 17.6 Å². The first-order valence-corrected chi connectivity index (χ1v) is 9.10. The first-order valence-electron chi connectivity index (χ1n) is 9.10. The summed E-state index contributed by atoms with van der Waals surface area (Å²) in [7, 11) is 1.55. The van der Waals surface area contributed by atoms with Crippen molar-refractivity contribution >= 4 is 5.78 Å². The fourth-order valence-electron chi connectivity index (χ4n) is 2.58. The average Bonchev–Trinajstić information content (AvgIpc) is 2.67. The Morgan fingerprint density at radius 1 is 0.920 bits per heavy atom. The van der Waals surface area contributed by atoms with Gasteiger partial charge in [0.2, 0.25) is 0 Å². The second kappa shape index (κ2) is 12.1. The summed E-state index contributed by atoms with van der Waals surface area (Å²) in [5, 5.41) is 9.56. The highest BCUT2D eigenvalue weighted by molar-refractivity contribution is 5.78. The topological polar surface area (TPSA) is 46.5 Å². The Labute approximate surface area is 151 Å². The van der Waals surface area contributed by atoms with E-state index in [9.17, 15) is 9.90 Å². The monoisotopic (exact) mass is 342 g/mol. The number of unbranched alkanes of at least 4 members (excludes halogenated alkanes) is 1. The molecule has 2 aromatic rings. The molecule has 0 saturated heterocycles. The maximum Gasteiger partial charge on any atom is 0.160 e. The van der Waals surface area contributed by atoms with Gasteiger partial charge in [-0.2, -0.15) is 0 Å². The number of hydrogen-bond donors (Lipinski definition) is 1. The van der Waals surface area contributed by atoms with Crippen molar-refractivity contribution in [1.82, 2.24) is 0 Å². The third kappa shape index (κ3) is 7.88. The van der Waals surface area contributed by atoms with Gasteiger partial charge >= 0.3 is 0 Å². The van der Waals surface area contributed by atoms with Gasteiger partial charge in [0.25, 0.3) is 0 Å². The minimum absolute atomic E-state index is 0.160. The number of hydrogen-bond acceptors (Lipinski definition) is 3. The molecule has 0 saturated carbocycles. The molecule has 3 nitrogen and oxygen atoms in total. The number of ether oxygens (including phenoxy) is 1. The van der Waals surface area contributed by atoms with Gasteiger partial charge in [0, 0.05) is 12.8 Å². The number of ketones is 1. The molecule has 0 unspecified atom stereocenters. The molecule has 0 radical (unpaired) electrons. The zero-order valence-electron chi connectivity index (χ0n) is 15.6. The zero-order chi connectivity index (χ0) is 18.5. The van der Waals surface area contributed by atoms with Gasteiger partial charge in [0.05, 0.1) is 7.11 Å². The molecule has 0 fully saturated rings. The van der Waals surface area contributed by atoms with Gasteiger partial charge in [0.15, 0.2) is 11.5 Å². The van der Waals surface area contributed by atoms with Crippen LogP contribution in [0, 0.1) is 0 Å². The van der Waals surface area contributed by atoms with Crippen molar-refractivity contribution in [3.05, 3.63) is 59.7 Å². The summed E-state index contributed by atoms with van der Waals surface area (Å²) in [6.45, 7) is 4.00. The maximum atomic E-state index is 11.9. The van der Waals surface area contributed by atoms with Crippen molar-refractivity contribution in [3.63, 3.8) is 0 Å². The number of carbonyl (C=O) groups excluding carboxylic acids is 1. The standard InChI is InChI=1S/C20H24O3.C2H6/c1-23-20-15-17(12-14-19(20)22)9-5-6-10-18(21)13-11-16-7-3-2-4-8-16;1-2/h2-4,7-8,12,14-15,22H,5-6,9-11,13H2,1H3;1-2H3. The highest BCUT2D eigenvalue weighted by Crippen LogP contribution is 2.26. The molecular weight excluding hydrogens is 312 g/mol. The van der Waals surface area contributed by atoms with E-state index in [1.165, 1.54) is 5.56 Å². The van der Waals surface area contributed by atoms with Crippen LogP contribution in [-0.4, -0.2) is 18.0 Å². The number of rotatable bonds is 9. The Kier molecular flexibility index (Phi) is 10.1. The van der Waals surface area contributed by atoms with Crippen LogP contribution < -0.4 is 4.74 Å². The van der Waals surface area contributed by atoms with E-state index < -0.39 is 0 Å². The number of Topliss-reactive ketones (excluding diaryl/α,β-unsaturated/α-hetero) is 1. The SMILES string of the molecule is CC.COc1cc(CCCCC(=O)CCc2ccccc2)ccc1O. The van der Waals surface area contributed by atoms with E-state index in [0.29, 0.717) is 24.4 Å². The predicted octanol–water partition coefficient (Wildman–Crippen LogP) is 5.34. The molecule has 0 bridgehead atoms. The molecule has 0 aliphatic carbocycles. The van der Waals surface area contributed by atoms with Crippen LogP contribution in [0.4, 0.5) is 0 Å². The lowest BCUT2D eigenvalue weighted by Gasteiger charge is -2.06. The van der Waals surface area contributed by atoms with Crippen molar-refractivity contribution in [2.45, 2.75) is 52.4 Å². The molecule has 0 heterocycles. The predicted molar refractivity (Wildman–Crippen MR) is 103 cm³/mol. The van der Waals surface area contributed by atoms with E-state index in [2.05, 4.69) is 12.1 Å². The van der Waals surface area contributed by atoms with E-state index in [0.717, 1.165) is 31.2 Å². The Bertz CT molecular complexity index is 620. The van der Waals surface area contributed by atoms with Crippen molar-refractivity contribution in [1.29, 1.82) is 0 Å². The summed E-state index contributed by atoms with van der Waals surface area (Å²) >= 11 is 0. The molecule has 25 heavy (non-hydrogen) atoms. The highest BCUT2D eigenvalue weighted by atomic mass is 16.5. The minimum Gasteiger partial charge on any atom is -0.504 e. The molecular formula is C22H30O3. The van der Waals surface area contributed by atoms with Gasteiger partial charge in [-0.1, -0.05) is 50.2 Å². The number of phenolic OH excluding ortho intramolecular Hbond substituents is 1. The summed E-state index contributed by atoms with van der Waals surface area (Å²) in [4.78, 5) is 11.9. The van der Waals surface area contributed by atoms with Crippen molar-refractivity contribution in [3.8, 4) is 11.5 Å². The van der Waals surface area contributed by atoms with Crippen LogP contribution in [0.5, 0.6) is 11.5 Å². The lowest BCUT2D eigenvalue weighted by Crippen LogP contribution is -2.00. The maximum absolute atomic E-state index is 11.9. The number of carbonyl (C=O) groups is 1. The first-order chi connectivity index (χ1) is 12.2. The average molecular weight is 342 g/mol. The fourth-order valence-corrected chi connectivity index (χ4v) is 2.58. The van der Waals surface area contributed by atoms with Crippen LogP contribution in [0.15, 0.2) is 48.5 Å². The number of methoxy groups -OCH3 is 1. The number of aryl methyl sites for hydroxylation is 2. The van der Waals surface area contributed by atoms with Gasteiger partial charge in [0.1, 0.15) is 5.78 Å². The summed E-state index contributed by atoms with van der Waals surface area (Å²) in [5.41, 5.74) is 2.34. The van der Waals surface area contributed by atoms with E-state index in [1.54, 1.807) is 13.2 Å². The van der Waals surface area contributed by atoms with Gasteiger partial charge < -0.3 is 9.84 Å². The number of phenols is 1. The second-order valence-electron chi connectivity index (χ2n) is 5.74. The van der Waals surface area contributed by atoms with E-state index in [-0.39, 0.29) is 5.75 Å². The highest BCUT2D eigenvalue weighted by Gasteiger charge is 2.05. The molecule has 1 N–H and O–H groups in total. The van der Waals surface area contributed by atoms with E-state index in [1.807, 2.05) is 44.2 Å². The lowest BCUT2D eigenvalue weighted by molar-refractivity contribution is -0.119. The van der Waals surface area contributed by atoms with Crippen molar-refractivity contribution in [2.75, 3.05) is 7.11 Å². The quantitative estimate of drug-likeness (QED) is 0.626. The molecule has 0 spiro atoms. The van der Waals surface area contributed by atoms with Crippen molar-refractivity contribution in [2.24, 2.45) is 0 Å². The Hall–Kier alpha value is -2.29. The molecule has 2 aromatic carbocycles. The van der Waals surface area contributed by atoms with Crippen LogP contribution >= 0.6 is 0 Å². The van der Waals surface area contributed by atoms with Crippen LogP contribution in [0.25, 0.3) is 0 Å². The van der Waals surface area contributed by atoms with E-state index in [4.69, 9.17) is 4.74 Å². The summed E-state index contributed by atoms with van der Waals surface area (Å²) < 4.78 is 5.10. The van der Waals surface area contributed by atoms with Crippen molar-refractivity contribution < 1.29 is 14.6 Å². The third-order valence-corrected chi connectivity index (χ3v) is 3.95. The molecule has 0 amide bonds. The van der Waals surface area contributed by atoms with Gasteiger partial charge in [-0.3, -0.25) is 4.79 Å². The Balaban J connectivity index is 0.00000151. The van der Waals surface area contributed by atoms with Gasteiger partial charge in [-0.05, 0) is 48.9 Å². The Morgan fingerprint density at radius 2 is 1.64 bits per heavy atom. The fraction of sp³-hybridized carbons (Fsp3) is 0.409. The molecule has 0 aliphatic rings. The molecule has 0 aromatic heterocycles. The lowest BCUT2D eigenvalue weighted by atomic mass is 10.0. The number of aromatic hydroxyl groups is 1. The first kappa shape index (κ1) is 20.8. The molecule has 3 heteroatoms. The molecule has 0 atom stereocenters. The van der Waals surface area contributed by atoms with Crippen LogP contribution in [0.3, 0.4) is 0 Å². The van der Waals surface area contributed by atoms with E-state index >= 15 is 0 Å². The number of benzene rings is 2. The summed E-state index contributed by atoms with van der Waals surface area (Å²) in [6, 6.07) is 15.5. The van der Waals surface area contributed by atoms with Crippen LogP contribution in [0.1, 0.15) is 50.7 Å². The zero-order valence-corrected chi connectivity index (χ0v) is 15.6. The van der Waals surface area contributed by atoms with Crippen LogP contribution in [0.2, 0.25) is 0 Å². The van der Waals surface area contributed by atoms with Gasteiger partial charge in [-0.25, -0.2) is 0 Å². The second-order valence-corrected chi connectivity index (χ2v) is 5.74. The summed E-state index contributed by atoms with van der Waals surface area (Å²) in [6.07, 6.45) is 4.85. The smallest absolute Gasteiger partial charge is 0.160 e. The normalized spacial score (nSPS) is 9.88. The van der Waals surface area contributed by atoms with Gasteiger partial charge in [-0.15, -0.1) is 0 Å². The largest absolute Gasteiger partial charge is 0.504 e. The third-order valence-electron chi connectivity index (χ3n) is 3.95. The summed E-state index contributed by atoms with van der Waals surface area (Å²) in [5.74, 6) is 0.992. The Morgan fingerprint density at radius 3 is 2.32 bits per heavy atom. The molecule has 2 rings (SSSR count). The molecule has 136 valence electrons. The minimum atomic E-state index is 0.160.